The van der Waals surface area contributed by atoms with Gasteiger partial charge in [0.15, 0.2) is 0 Å². The number of halogens is 2. The molecule has 1 aliphatic rings. The zero-order chi connectivity index (χ0) is 13.2. The van der Waals surface area contributed by atoms with Crippen LogP contribution in [0.15, 0.2) is 21.2 Å². The Morgan fingerprint density at radius 3 is 2.61 bits per heavy atom. The highest BCUT2D eigenvalue weighted by molar-refractivity contribution is 9.11. The molecule has 0 aromatic carbocycles. The Kier molecular flexibility index (Phi) is 4.80. The molecule has 0 saturated carbocycles. The number of hydrogen-bond donors (Lipinski definition) is 1. The fraction of sp³-hybridized carbons (Fsp3) is 0.615. The van der Waals surface area contributed by atoms with Gasteiger partial charge < -0.3 is 5.32 Å². The standard InChI is InChI=1S/C13H19Br2N3/c1-13(16-2)3-5-18(6-4-13)9-12-11(15)7-10(14)8-17-12/h7-8,16H,3-6,9H2,1-2H3. The Morgan fingerprint density at radius 2 is 2.06 bits per heavy atom. The summed E-state index contributed by atoms with van der Waals surface area (Å²) < 4.78 is 2.10. The van der Waals surface area contributed by atoms with E-state index in [1.54, 1.807) is 0 Å². The average molecular weight is 377 g/mol. The van der Waals surface area contributed by atoms with Gasteiger partial charge in [-0.15, -0.1) is 0 Å². The van der Waals surface area contributed by atoms with Gasteiger partial charge in [0.25, 0.3) is 0 Å². The van der Waals surface area contributed by atoms with E-state index in [1.165, 1.54) is 12.8 Å². The zero-order valence-electron chi connectivity index (χ0n) is 10.8. The van der Waals surface area contributed by atoms with Gasteiger partial charge in [0.2, 0.25) is 0 Å². The third-order valence-corrected chi connectivity index (χ3v) is 4.94. The molecule has 2 heterocycles. The molecule has 0 unspecified atom stereocenters. The summed E-state index contributed by atoms with van der Waals surface area (Å²) >= 11 is 7.01. The molecule has 1 aromatic rings. The Labute approximate surface area is 126 Å². The maximum Gasteiger partial charge on any atom is 0.0686 e. The average Bonchev–Trinajstić information content (AvgIpc) is 2.36. The van der Waals surface area contributed by atoms with Crippen LogP contribution in [0.4, 0.5) is 0 Å². The predicted octanol–water partition coefficient (Wildman–Crippen LogP) is 3.18. The molecular weight excluding hydrogens is 358 g/mol. The van der Waals surface area contributed by atoms with Crippen molar-refractivity contribution in [1.82, 2.24) is 15.2 Å². The first-order chi connectivity index (χ1) is 8.52. The Bertz CT molecular complexity index is 415. The van der Waals surface area contributed by atoms with E-state index < -0.39 is 0 Å². The molecule has 0 atom stereocenters. The number of rotatable bonds is 3. The molecule has 3 nitrogen and oxygen atoms in total. The van der Waals surface area contributed by atoms with Crippen molar-refractivity contribution in [2.24, 2.45) is 0 Å². The van der Waals surface area contributed by atoms with Crippen LogP contribution in [0.1, 0.15) is 25.5 Å². The number of nitrogens with one attached hydrogen (secondary N) is 1. The number of aromatic nitrogens is 1. The lowest BCUT2D eigenvalue weighted by atomic mass is 9.90. The van der Waals surface area contributed by atoms with Crippen molar-refractivity contribution < 1.29 is 0 Å². The van der Waals surface area contributed by atoms with E-state index in [-0.39, 0.29) is 0 Å². The van der Waals surface area contributed by atoms with Crippen molar-refractivity contribution in [3.05, 3.63) is 26.9 Å². The number of piperidine rings is 1. The molecule has 1 aliphatic heterocycles. The van der Waals surface area contributed by atoms with E-state index in [1.807, 2.05) is 6.20 Å². The van der Waals surface area contributed by atoms with Gasteiger partial charge in [-0.05, 0) is 64.7 Å². The third kappa shape index (κ3) is 3.53. The molecule has 0 amide bonds. The lowest BCUT2D eigenvalue weighted by molar-refractivity contribution is 0.145. The van der Waals surface area contributed by atoms with Gasteiger partial charge in [-0.3, -0.25) is 9.88 Å². The Hall–Kier alpha value is 0.0300. The largest absolute Gasteiger partial charge is 0.314 e. The van der Waals surface area contributed by atoms with Crippen LogP contribution in [0.25, 0.3) is 0 Å². The topological polar surface area (TPSA) is 28.2 Å². The molecule has 1 fully saturated rings. The normalized spacial score (nSPS) is 20.0. The summed E-state index contributed by atoms with van der Waals surface area (Å²) in [5.74, 6) is 0. The number of pyridine rings is 1. The molecule has 1 saturated heterocycles. The minimum Gasteiger partial charge on any atom is -0.314 e. The van der Waals surface area contributed by atoms with E-state index in [0.29, 0.717) is 5.54 Å². The molecule has 1 N–H and O–H groups in total. The highest BCUT2D eigenvalue weighted by Crippen LogP contribution is 2.25. The SMILES string of the molecule is CNC1(C)CCN(Cc2ncc(Br)cc2Br)CC1. The third-order valence-electron chi connectivity index (χ3n) is 3.82. The monoisotopic (exact) mass is 375 g/mol. The first-order valence-electron chi connectivity index (χ1n) is 6.24. The maximum atomic E-state index is 4.48. The quantitative estimate of drug-likeness (QED) is 0.877. The zero-order valence-corrected chi connectivity index (χ0v) is 14.0. The second kappa shape index (κ2) is 5.99. The van der Waals surface area contributed by atoms with Gasteiger partial charge in [-0.25, -0.2) is 0 Å². The number of nitrogens with zero attached hydrogens (tertiary/aromatic N) is 2. The Morgan fingerprint density at radius 1 is 1.39 bits per heavy atom. The molecule has 18 heavy (non-hydrogen) atoms. The summed E-state index contributed by atoms with van der Waals surface area (Å²) in [6, 6.07) is 2.06. The number of likely N-dealkylation sites (tertiary alicyclic amines) is 1. The summed E-state index contributed by atoms with van der Waals surface area (Å²) in [6.07, 6.45) is 4.25. The van der Waals surface area contributed by atoms with Crippen molar-refractivity contribution in [2.45, 2.75) is 31.8 Å². The van der Waals surface area contributed by atoms with Crippen molar-refractivity contribution in [3.63, 3.8) is 0 Å². The highest BCUT2D eigenvalue weighted by atomic mass is 79.9. The summed E-state index contributed by atoms with van der Waals surface area (Å²) in [6.45, 7) is 5.48. The van der Waals surface area contributed by atoms with Crippen molar-refractivity contribution in [2.75, 3.05) is 20.1 Å². The molecule has 0 aliphatic carbocycles. The maximum absolute atomic E-state index is 4.48. The lowest BCUT2D eigenvalue weighted by Gasteiger charge is -2.39. The van der Waals surface area contributed by atoms with Crippen molar-refractivity contribution in [1.29, 1.82) is 0 Å². The second-order valence-electron chi connectivity index (χ2n) is 5.17. The highest BCUT2D eigenvalue weighted by Gasteiger charge is 2.28. The van der Waals surface area contributed by atoms with Crippen LogP contribution in [0.2, 0.25) is 0 Å². The smallest absolute Gasteiger partial charge is 0.0686 e. The fourth-order valence-corrected chi connectivity index (χ4v) is 3.34. The van der Waals surface area contributed by atoms with Crippen molar-refractivity contribution >= 4 is 31.9 Å². The second-order valence-corrected chi connectivity index (χ2v) is 6.94. The van der Waals surface area contributed by atoms with Gasteiger partial charge >= 0.3 is 0 Å². The number of hydrogen-bond acceptors (Lipinski definition) is 3. The van der Waals surface area contributed by atoms with E-state index in [4.69, 9.17) is 0 Å². The molecular formula is C13H19Br2N3. The first-order valence-corrected chi connectivity index (χ1v) is 7.82. The minimum absolute atomic E-state index is 0.306. The molecule has 0 radical (unpaired) electrons. The summed E-state index contributed by atoms with van der Waals surface area (Å²) in [5.41, 5.74) is 1.42. The molecule has 1 aromatic heterocycles. The van der Waals surface area contributed by atoms with Crippen LogP contribution in [-0.2, 0) is 6.54 Å². The van der Waals surface area contributed by atoms with E-state index in [9.17, 15) is 0 Å². The first kappa shape index (κ1) is 14.4. The van der Waals surface area contributed by atoms with Gasteiger partial charge in [0, 0.05) is 40.3 Å². The van der Waals surface area contributed by atoms with Crippen LogP contribution in [0.5, 0.6) is 0 Å². The van der Waals surface area contributed by atoms with E-state index in [0.717, 1.165) is 34.3 Å². The van der Waals surface area contributed by atoms with Crippen LogP contribution in [0.3, 0.4) is 0 Å². The molecule has 5 heteroatoms. The van der Waals surface area contributed by atoms with Gasteiger partial charge in [0.05, 0.1) is 5.69 Å². The summed E-state index contributed by atoms with van der Waals surface area (Å²) in [7, 11) is 2.06. The minimum atomic E-state index is 0.306. The lowest BCUT2D eigenvalue weighted by Crippen LogP contribution is -2.49. The van der Waals surface area contributed by atoms with Gasteiger partial charge in [0.1, 0.15) is 0 Å². The summed E-state index contributed by atoms with van der Waals surface area (Å²) in [4.78, 5) is 6.95. The molecule has 2 rings (SSSR count). The molecule has 0 bridgehead atoms. The van der Waals surface area contributed by atoms with Crippen LogP contribution < -0.4 is 5.32 Å². The summed E-state index contributed by atoms with van der Waals surface area (Å²) in [5, 5.41) is 3.43. The fourth-order valence-electron chi connectivity index (χ4n) is 2.23. The van der Waals surface area contributed by atoms with Gasteiger partial charge in [-0.2, -0.15) is 0 Å². The predicted molar refractivity (Wildman–Crippen MR) is 81.6 cm³/mol. The van der Waals surface area contributed by atoms with E-state index in [2.05, 4.69) is 67.1 Å². The molecule has 100 valence electrons. The Balaban J connectivity index is 1.95. The molecule has 0 spiro atoms. The van der Waals surface area contributed by atoms with Gasteiger partial charge in [-0.1, -0.05) is 0 Å². The van der Waals surface area contributed by atoms with Crippen LogP contribution in [0, 0.1) is 0 Å². The van der Waals surface area contributed by atoms with Crippen LogP contribution in [-0.4, -0.2) is 35.6 Å². The van der Waals surface area contributed by atoms with E-state index >= 15 is 0 Å². The van der Waals surface area contributed by atoms with Crippen LogP contribution >= 0.6 is 31.9 Å². The van der Waals surface area contributed by atoms with Crippen molar-refractivity contribution in [3.8, 4) is 0 Å².